The van der Waals surface area contributed by atoms with Crippen LogP contribution in [0.5, 0.6) is 5.75 Å². The van der Waals surface area contributed by atoms with E-state index >= 15 is 0 Å². The smallest absolute Gasteiger partial charge is 0.188 e. The Kier molecular flexibility index (Phi) is 8.18. The highest BCUT2D eigenvalue weighted by Gasteiger charge is 2.16. The summed E-state index contributed by atoms with van der Waals surface area (Å²) in [6, 6.07) is 7.42. The van der Waals surface area contributed by atoms with Crippen molar-refractivity contribution in [3.8, 4) is 5.75 Å². The molecule has 0 aromatic heterocycles. The van der Waals surface area contributed by atoms with Gasteiger partial charge in [-0.2, -0.15) is 0 Å². The van der Waals surface area contributed by atoms with Crippen LogP contribution in [0.15, 0.2) is 29.3 Å². The van der Waals surface area contributed by atoms with Gasteiger partial charge in [0.2, 0.25) is 0 Å². The van der Waals surface area contributed by atoms with Gasteiger partial charge in [0.05, 0.1) is 11.6 Å². The first-order valence-corrected chi connectivity index (χ1v) is 7.48. The minimum absolute atomic E-state index is 0. The largest absolute Gasteiger partial charge is 0.487 e. The Bertz CT molecular complexity index is 466. The zero-order chi connectivity index (χ0) is 14.4. The van der Waals surface area contributed by atoms with Gasteiger partial charge in [-0.1, -0.05) is 30.2 Å². The van der Waals surface area contributed by atoms with E-state index in [0.29, 0.717) is 23.3 Å². The number of guanidine groups is 1. The number of aliphatic imine (C=N–C) groups is 1. The summed E-state index contributed by atoms with van der Waals surface area (Å²) in [6.07, 6.45) is 3.86. The van der Waals surface area contributed by atoms with E-state index in [-0.39, 0.29) is 30.1 Å². The van der Waals surface area contributed by atoms with Gasteiger partial charge in [-0.05, 0) is 37.8 Å². The zero-order valence-electron chi connectivity index (χ0n) is 12.2. The fourth-order valence-corrected chi connectivity index (χ4v) is 2.20. The molecule has 3 N–H and O–H groups in total. The molecular weight excluding hydrogens is 401 g/mol. The van der Waals surface area contributed by atoms with Gasteiger partial charge >= 0.3 is 0 Å². The second-order valence-electron chi connectivity index (χ2n) is 5.26. The molecule has 4 nitrogen and oxygen atoms in total. The third kappa shape index (κ3) is 6.30. The van der Waals surface area contributed by atoms with Gasteiger partial charge in [-0.3, -0.25) is 0 Å². The monoisotopic (exact) mass is 423 g/mol. The van der Waals surface area contributed by atoms with Gasteiger partial charge in [-0.25, -0.2) is 4.99 Å². The summed E-state index contributed by atoms with van der Waals surface area (Å²) in [5.74, 6) is 1.94. The van der Waals surface area contributed by atoms with Gasteiger partial charge in [0, 0.05) is 6.54 Å². The molecular formula is C15H23ClIN3O. The van der Waals surface area contributed by atoms with Crippen LogP contribution in [0.1, 0.15) is 26.2 Å². The molecule has 1 fully saturated rings. The molecule has 118 valence electrons. The van der Waals surface area contributed by atoms with E-state index in [2.05, 4.69) is 10.3 Å². The van der Waals surface area contributed by atoms with Gasteiger partial charge in [0.25, 0.3) is 0 Å². The van der Waals surface area contributed by atoms with E-state index in [4.69, 9.17) is 22.1 Å². The van der Waals surface area contributed by atoms with Crippen molar-refractivity contribution in [2.45, 2.75) is 32.3 Å². The molecule has 1 aromatic rings. The normalized spacial score (nSPS) is 16.6. The fraction of sp³-hybridized carbons (Fsp3) is 0.533. The lowest BCUT2D eigenvalue weighted by atomic mass is 9.85. The molecule has 0 saturated heterocycles. The topological polar surface area (TPSA) is 59.6 Å². The minimum Gasteiger partial charge on any atom is -0.487 e. The van der Waals surface area contributed by atoms with E-state index in [1.807, 2.05) is 25.1 Å². The number of halogens is 2. The van der Waals surface area contributed by atoms with Crippen LogP contribution in [0, 0.1) is 5.92 Å². The minimum atomic E-state index is -0.0704. The standard InChI is InChI=1S/C15H22ClN3O.HI/c1-11(20-14-8-3-2-7-13(14)16)9-18-15(17)19-10-12-5-4-6-12;/h2-3,7-8,11-12H,4-6,9-10H2,1H3,(H3,17,18,19);1H. The van der Waals surface area contributed by atoms with Crippen LogP contribution in [0.3, 0.4) is 0 Å². The van der Waals surface area contributed by atoms with Crippen molar-refractivity contribution in [2.75, 3.05) is 13.1 Å². The van der Waals surface area contributed by atoms with Gasteiger partial charge in [0.1, 0.15) is 11.9 Å². The third-order valence-corrected chi connectivity index (χ3v) is 3.79. The summed E-state index contributed by atoms with van der Waals surface area (Å²) < 4.78 is 5.73. The molecule has 1 aromatic carbocycles. The molecule has 6 heteroatoms. The van der Waals surface area contributed by atoms with E-state index in [1.54, 1.807) is 6.07 Å². The number of hydrogen-bond acceptors (Lipinski definition) is 2. The highest BCUT2D eigenvalue weighted by molar-refractivity contribution is 14.0. The molecule has 1 atom stereocenters. The number of nitrogens with zero attached hydrogens (tertiary/aromatic N) is 1. The van der Waals surface area contributed by atoms with Crippen molar-refractivity contribution in [2.24, 2.45) is 16.6 Å². The quantitative estimate of drug-likeness (QED) is 0.419. The lowest BCUT2D eigenvalue weighted by Gasteiger charge is -2.25. The van der Waals surface area contributed by atoms with Crippen LogP contribution in [0.25, 0.3) is 0 Å². The molecule has 21 heavy (non-hydrogen) atoms. The Balaban J connectivity index is 0.00000220. The SMILES string of the molecule is CC(CN=C(N)NCC1CCC1)Oc1ccccc1Cl.I. The summed E-state index contributed by atoms with van der Waals surface area (Å²) in [5.41, 5.74) is 5.83. The molecule has 0 bridgehead atoms. The summed E-state index contributed by atoms with van der Waals surface area (Å²) in [7, 11) is 0. The van der Waals surface area contributed by atoms with Crippen molar-refractivity contribution >= 4 is 41.5 Å². The maximum Gasteiger partial charge on any atom is 0.188 e. The van der Waals surface area contributed by atoms with Crippen LogP contribution < -0.4 is 15.8 Å². The maximum atomic E-state index is 6.04. The molecule has 1 saturated carbocycles. The first-order valence-electron chi connectivity index (χ1n) is 7.10. The molecule has 0 spiro atoms. The Morgan fingerprint density at radius 1 is 1.48 bits per heavy atom. The summed E-state index contributed by atoms with van der Waals surface area (Å²) in [6.45, 7) is 3.38. The van der Waals surface area contributed by atoms with Crippen molar-refractivity contribution in [1.82, 2.24) is 5.32 Å². The molecule has 1 unspecified atom stereocenters. The van der Waals surface area contributed by atoms with E-state index in [9.17, 15) is 0 Å². The number of nitrogens with two attached hydrogens (primary N) is 1. The highest BCUT2D eigenvalue weighted by atomic mass is 127. The van der Waals surface area contributed by atoms with Crippen molar-refractivity contribution in [3.63, 3.8) is 0 Å². The number of rotatable bonds is 6. The second-order valence-corrected chi connectivity index (χ2v) is 5.67. The van der Waals surface area contributed by atoms with Crippen molar-refractivity contribution < 1.29 is 4.74 Å². The fourth-order valence-electron chi connectivity index (χ4n) is 2.02. The number of nitrogens with one attached hydrogen (secondary N) is 1. The lowest BCUT2D eigenvalue weighted by molar-refractivity contribution is 0.230. The summed E-state index contributed by atoms with van der Waals surface area (Å²) in [5, 5.41) is 3.77. The predicted octanol–water partition coefficient (Wildman–Crippen LogP) is 3.43. The average Bonchev–Trinajstić information content (AvgIpc) is 2.37. The molecule has 1 aliphatic rings. The van der Waals surface area contributed by atoms with Crippen LogP contribution >= 0.6 is 35.6 Å². The van der Waals surface area contributed by atoms with Crippen LogP contribution in [-0.2, 0) is 0 Å². The van der Waals surface area contributed by atoms with Gasteiger partial charge in [-0.15, -0.1) is 24.0 Å². The number of para-hydroxylation sites is 1. The van der Waals surface area contributed by atoms with E-state index < -0.39 is 0 Å². The zero-order valence-corrected chi connectivity index (χ0v) is 15.3. The Labute approximate surface area is 148 Å². The van der Waals surface area contributed by atoms with Crippen molar-refractivity contribution in [3.05, 3.63) is 29.3 Å². The first-order chi connectivity index (χ1) is 9.65. The summed E-state index contributed by atoms with van der Waals surface area (Å²) >= 11 is 6.04. The number of ether oxygens (including phenoxy) is 1. The van der Waals surface area contributed by atoms with Crippen LogP contribution in [-0.4, -0.2) is 25.2 Å². The first kappa shape index (κ1) is 18.4. The molecule has 0 heterocycles. The average molecular weight is 424 g/mol. The van der Waals surface area contributed by atoms with Gasteiger partial charge in [0.15, 0.2) is 5.96 Å². The molecule has 1 aliphatic carbocycles. The van der Waals surface area contributed by atoms with Crippen LogP contribution in [0.4, 0.5) is 0 Å². The molecule has 0 aliphatic heterocycles. The molecule has 0 radical (unpaired) electrons. The molecule has 0 amide bonds. The Morgan fingerprint density at radius 2 is 2.19 bits per heavy atom. The highest BCUT2D eigenvalue weighted by Crippen LogP contribution is 2.25. The maximum absolute atomic E-state index is 6.04. The van der Waals surface area contributed by atoms with Crippen molar-refractivity contribution in [1.29, 1.82) is 0 Å². The predicted molar refractivity (Wildman–Crippen MR) is 98.8 cm³/mol. The Hall–Kier alpha value is -0.690. The summed E-state index contributed by atoms with van der Waals surface area (Å²) in [4.78, 5) is 4.30. The number of benzene rings is 1. The lowest BCUT2D eigenvalue weighted by Crippen LogP contribution is -2.38. The Morgan fingerprint density at radius 3 is 2.81 bits per heavy atom. The second kappa shape index (κ2) is 9.35. The number of hydrogen-bond donors (Lipinski definition) is 2. The van der Waals surface area contributed by atoms with Gasteiger partial charge < -0.3 is 15.8 Å². The van der Waals surface area contributed by atoms with Crippen LogP contribution in [0.2, 0.25) is 5.02 Å². The molecule has 2 rings (SSSR count). The van der Waals surface area contributed by atoms with E-state index in [1.165, 1.54) is 19.3 Å². The third-order valence-electron chi connectivity index (χ3n) is 3.48. The van der Waals surface area contributed by atoms with E-state index in [0.717, 1.165) is 12.5 Å².